The second kappa shape index (κ2) is 4.97. The topological polar surface area (TPSA) is 34.0 Å². The molecular weight excluding hydrogens is 260 g/mol. The van der Waals surface area contributed by atoms with E-state index in [1.165, 1.54) is 6.42 Å². The monoisotopic (exact) mass is 278 g/mol. The van der Waals surface area contributed by atoms with E-state index in [1.54, 1.807) is 0 Å². The zero-order valence-electron chi connectivity index (χ0n) is 12.1. The van der Waals surface area contributed by atoms with Crippen LogP contribution in [0.15, 0.2) is 48.7 Å². The lowest BCUT2D eigenvalue weighted by molar-refractivity contribution is 0.244. The molecule has 21 heavy (non-hydrogen) atoms. The van der Waals surface area contributed by atoms with E-state index in [2.05, 4.69) is 45.8 Å². The van der Waals surface area contributed by atoms with Crippen molar-refractivity contribution in [2.75, 3.05) is 13.6 Å². The number of fused-ring (bicyclic) bond motifs is 1. The fourth-order valence-electron chi connectivity index (χ4n) is 3.22. The predicted octanol–water partition coefficient (Wildman–Crippen LogP) is 3.32. The van der Waals surface area contributed by atoms with Gasteiger partial charge >= 0.3 is 0 Å². The van der Waals surface area contributed by atoms with Gasteiger partial charge in [-0.2, -0.15) is 0 Å². The normalized spacial score (nSPS) is 19.4. The summed E-state index contributed by atoms with van der Waals surface area (Å²) in [4.78, 5) is 11.8. The molecule has 1 atom stereocenters. The van der Waals surface area contributed by atoms with Gasteiger partial charge in [-0.15, -0.1) is 0 Å². The van der Waals surface area contributed by atoms with E-state index in [0.29, 0.717) is 6.17 Å². The Kier molecular flexibility index (Phi) is 2.97. The molecule has 4 rings (SSSR count). The van der Waals surface area contributed by atoms with Crippen molar-refractivity contribution in [1.82, 2.24) is 19.4 Å². The highest BCUT2D eigenvalue weighted by Gasteiger charge is 2.27. The van der Waals surface area contributed by atoms with E-state index >= 15 is 0 Å². The molecule has 1 fully saturated rings. The minimum absolute atomic E-state index is 0.347. The number of imidazole rings is 1. The second-order valence-electron chi connectivity index (χ2n) is 5.62. The molecule has 3 aromatic rings. The minimum Gasteiger partial charge on any atom is -0.292 e. The van der Waals surface area contributed by atoms with Crippen molar-refractivity contribution < 1.29 is 0 Å². The first-order valence-electron chi connectivity index (χ1n) is 7.43. The third kappa shape index (κ3) is 2.03. The Morgan fingerprint density at radius 1 is 1.10 bits per heavy atom. The SMILES string of the molecule is CN1CCCC1n1c(-c2ccccc2)nc2cccnc21. The summed E-state index contributed by atoms with van der Waals surface area (Å²) in [5.74, 6) is 1.02. The van der Waals surface area contributed by atoms with Gasteiger partial charge in [0.1, 0.15) is 11.3 Å². The van der Waals surface area contributed by atoms with Gasteiger partial charge in [0.2, 0.25) is 0 Å². The van der Waals surface area contributed by atoms with E-state index in [9.17, 15) is 0 Å². The molecule has 1 aromatic carbocycles. The lowest BCUT2D eigenvalue weighted by Crippen LogP contribution is -2.24. The van der Waals surface area contributed by atoms with Crippen molar-refractivity contribution in [3.63, 3.8) is 0 Å². The number of nitrogens with zero attached hydrogens (tertiary/aromatic N) is 4. The molecule has 2 aromatic heterocycles. The van der Waals surface area contributed by atoms with Gasteiger partial charge in [0, 0.05) is 11.8 Å². The maximum Gasteiger partial charge on any atom is 0.161 e. The van der Waals surface area contributed by atoms with Gasteiger partial charge < -0.3 is 0 Å². The smallest absolute Gasteiger partial charge is 0.161 e. The Morgan fingerprint density at radius 3 is 2.71 bits per heavy atom. The van der Waals surface area contributed by atoms with Crippen LogP contribution in [0.3, 0.4) is 0 Å². The molecule has 4 nitrogen and oxygen atoms in total. The molecule has 3 heterocycles. The van der Waals surface area contributed by atoms with E-state index in [1.807, 2.05) is 24.4 Å². The molecule has 0 aliphatic carbocycles. The van der Waals surface area contributed by atoms with Crippen LogP contribution in [0.1, 0.15) is 19.0 Å². The summed E-state index contributed by atoms with van der Waals surface area (Å²) < 4.78 is 2.30. The van der Waals surface area contributed by atoms with Gasteiger partial charge in [-0.3, -0.25) is 9.47 Å². The van der Waals surface area contributed by atoms with Crippen molar-refractivity contribution in [1.29, 1.82) is 0 Å². The number of hydrogen-bond acceptors (Lipinski definition) is 3. The van der Waals surface area contributed by atoms with Crippen LogP contribution in [0.4, 0.5) is 0 Å². The average molecular weight is 278 g/mol. The number of aromatic nitrogens is 3. The molecule has 0 bridgehead atoms. The first-order valence-corrected chi connectivity index (χ1v) is 7.43. The molecular formula is C17H18N4. The van der Waals surface area contributed by atoms with Crippen LogP contribution in [0, 0.1) is 0 Å². The molecule has 0 amide bonds. The summed E-state index contributed by atoms with van der Waals surface area (Å²) in [5, 5.41) is 0. The average Bonchev–Trinajstić information content (AvgIpc) is 3.11. The quantitative estimate of drug-likeness (QED) is 0.721. The molecule has 0 radical (unpaired) electrons. The van der Waals surface area contributed by atoms with Crippen LogP contribution in [0.25, 0.3) is 22.6 Å². The van der Waals surface area contributed by atoms with E-state index in [0.717, 1.165) is 35.5 Å². The lowest BCUT2D eigenvalue weighted by Gasteiger charge is -2.23. The number of hydrogen-bond donors (Lipinski definition) is 0. The summed E-state index contributed by atoms with van der Waals surface area (Å²) in [6, 6.07) is 14.4. The second-order valence-corrected chi connectivity index (χ2v) is 5.62. The molecule has 106 valence electrons. The third-order valence-electron chi connectivity index (χ3n) is 4.26. The van der Waals surface area contributed by atoms with Gasteiger partial charge in [0.05, 0.1) is 6.17 Å². The summed E-state index contributed by atoms with van der Waals surface area (Å²) in [7, 11) is 2.18. The predicted molar refractivity (Wildman–Crippen MR) is 83.9 cm³/mol. The standard InChI is InChI=1S/C17H18N4/c1-20-12-6-10-15(20)21-16(13-7-3-2-4-8-13)19-14-9-5-11-18-17(14)21/h2-5,7-9,11,15H,6,10,12H2,1H3. The zero-order valence-corrected chi connectivity index (χ0v) is 12.1. The number of likely N-dealkylation sites (tertiary alicyclic amines) is 1. The van der Waals surface area contributed by atoms with Crippen LogP contribution in [-0.2, 0) is 0 Å². The van der Waals surface area contributed by atoms with E-state index in [4.69, 9.17) is 4.98 Å². The molecule has 1 unspecified atom stereocenters. The van der Waals surface area contributed by atoms with Crippen LogP contribution < -0.4 is 0 Å². The van der Waals surface area contributed by atoms with Crippen LogP contribution >= 0.6 is 0 Å². The zero-order chi connectivity index (χ0) is 14.2. The summed E-state index contributed by atoms with van der Waals surface area (Å²) in [6.45, 7) is 1.13. The highest BCUT2D eigenvalue weighted by Crippen LogP contribution is 2.33. The van der Waals surface area contributed by atoms with Gasteiger partial charge in [0.15, 0.2) is 5.65 Å². The Labute approximate surface area is 124 Å². The maximum absolute atomic E-state index is 4.84. The van der Waals surface area contributed by atoms with Gasteiger partial charge in [-0.1, -0.05) is 30.3 Å². The molecule has 1 aliphatic rings. The maximum atomic E-state index is 4.84. The minimum atomic E-state index is 0.347. The third-order valence-corrected chi connectivity index (χ3v) is 4.26. The van der Waals surface area contributed by atoms with E-state index < -0.39 is 0 Å². The van der Waals surface area contributed by atoms with Crippen LogP contribution in [0.2, 0.25) is 0 Å². The van der Waals surface area contributed by atoms with Crippen molar-refractivity contribution >= 4 is 11.2 Å². The van der Waals surface area contributed by atoms with Crippen molar-refractivity contribution in [2.24, 2.45) is 0 Å². The summed E-state index contributed by atoms with van der Waals surface area (Å²) in [6.07, 6.45) is 4.57. The van der Waals surface area contributed by atoms with Crippen LogP contribution in [0.5, 0.6) is 0 Å². The Bertz CT molecular complexity index is 763. The van der Waals surface area contributed by atoms with Gasteiger partial charge in [0.25, 0.3) is 0 Å². The van der Waals surface area contributed by atoms with Crippen molar-refractivity contribution in [3.8, 4) is 11.4 Å². The Hall–Kier alpha value is -2.20. The van der Waals surface area contributed by atoms with Crippen molar-refractivity contribution in [2.45, 2.75) is 19.0 Å². The van der Waals surface area contributed by atoms with Crippen LogP contribution in [-0.4, -0.2) is 33.0 Å². The molecule has 0 N–H and O–H groups in total. The number of pyridine rings is 1. The Balaban J connectivity index is 1.97. The van der Waals surface area contributed by atoms with E-state index in [-0.39, 0.29) is 0 Å². The van der Waals surface area contributed by atoms with Gasteiger partial charge in [-0.05, 0) is 38.6 Å². The summed E-state index contributed by atoms with van der Waals surface area (Å²) >= 11 is 0. The summed E-state index contributed by atoms with van der Waals surface area (Å²) in [5.41, 5.74) is 3.10. The molecule has 4 heteroatoms. The lowest BCUT2D eigenvalue weighted by atomic mass is 10.2. The molecule has 0 spiro atoms. The van der Waals surface area contributed by atoms with Gasteiger partial charge in [-0.25, -0.2) is 9.97 Å². The van der Waals surface area contributed by atoms with Crippen molar-refractivity contribution in [3.05, 3.63) is 48.7 Å². The fraction of sp³-hybridized carbons (Fsp3) is 0.294. The number of benzene rings is 1. The fourth-order valence-corrected chi connectivity index (χ4v) is 3.22. The molecule has 0 saturated carbocycles. The Morgan fingerprint density at radius 2 is 1.95 bits per heavy atom. The highest BCUT2D eigenvalue weighted by molar-refractivity contribution is 5.77. The molecule has 1 saturated heterocycles. The highest BCUT2D eigenvalue weighted by atomic mass is 15.3. The number of rotatable bonds is 2. The first-order chi connectivity index (χ1) is 10.3. The first kappa shape index (κ1) is 12.5. The molecule has 1 aliphatic heterocycles. The largest absolute Gasteiger partial charge is 0.292 e.